The van der Waals surface area contributed by atoms with Crippen molar-refractivity contribution >= 4 is 6.72 Å². The van der Waals surface area contributed by atoms with Gasteiger partial charge in [-0.05, 0) is 25.8 Å². The van der Waals surface area contributed by atoms with Crippen LogP contribution in [-0.4, -0.2) is 24.3 Å². The second-order valence-electron chi connectivity index (χ2n) is 3.21. The second kappa shape index (κ2) is 4.82. The Balaban J connectivity index is 2.31. The summed E-state index contributed by atoms with van der Waals surface area (Å²) in [6.07, 6.45) is 7.08. The van der Waals surface area contributed by atoms with Gasteiger partial charge in [-0.3, -0.25) is 5.01 Å². The van der Waals surface area contributed by atoms with E-state index in [1.54, 1.807) is 6.20 Å². The Kier molecular flexibility index (Phi) is 3.71. The van der Waals surface area contributed by atoms with Crippen LogP contribution >= 0.6 is 0 Å². The third-order valence-electron chi connectivity index (χ3n) is 2.32. The smallest absolute Gasteiger partial charge is 0.0592 e. The summed E-state index contributed by atoms with van der Waals surface area (Å²) in [5, 5.41) is 5.68. The van der Waals surface area contributed by atoms with E-state index in [9.17, 15) is 0 Å². The Morgan fingerprint density at radius 2 is 2.31 bits per heavy atom. The average Bonchev–Trinajstić information content (AvgIpc) is 2.09. The summed E-state index contributed by atoms with van der Waals surface area (Å²) in [7, 11) is 0. The van der Waals surface area contributed by atoms with Crippen LogP contribution in [0.1, 0.15) is 19.3 Å². The molecule has 13 heavy (non-hydrogen) atoms. The van der Waals surface area contributed by atoms with E-state index in [1.165, 1.54) is 5.57 Å². The van der Waals surface area contributed by atoms with Crippen LogP contribution in [0.15, 0.2) is 29.5 Å². The molecule has 1 saturated carbocycles. The van der Waals surface area contributed by atoms with E-state index >= 15 is 0 Å². The molecule has 1 aliphatic carbocycles. The topological polar surface area (TPSA) is 41.6 Å². The molecule has 72 valence electrons. The van der Waals surface area contributed by atoms with Crippen LogP contribution in [0.4, 0.5) is 0 Å². The Morgan fingerprint density at radius 1 is 1.62 bits per heavy atom. The molecule has 1 rings (SSSR count). The van der Waals surface area contributed by atoms with Crippen molar-refractivity contribution < 1.29 is 0 Å². The Labute approximate surface area is 79.6 Å². The van der Waals surface area contributed by atoms with E-state index in [2.05, 4.69) is 24.5 Å². The molecule has 0 unspecified atom stereocenters. The zero-order valence-corrected chi connectivity index (χ0v) is 7.95. The van der Waals surface area contributed by atoms with Crippen LogP contribution in [0.2, 0.25) is 0 Å². The molecule has 0 aromatic rings. The summed E-state index contributed by atoms with van der Waals surface area (Å²) in [5.41, 5.74) is 6.88. The van der Waals surface area contributed by atoms with Crippen LogP contribution in [0.25, 0.3) is 0 Å². The molecule has 0 bridgehead atoms. The van der Waals surface area contributed by atoms with E-state index in [1.807, 2.05) is 5.01 Å². The van der Waals surface area contributed by atoms with Gasteiger partial charge in [0, 0.05) is 12.9 Å². The molecular weight excluding hydrogens is 162 g/mol. The maximum absolute atomic E-state index is 5.40. The number of hydrogen-bond acceptors (Lipinski definition) is 3. The molecule has 3 nitrogen and oxygen atoms in total. The standard InChI is InChI=1S/C10H17N3/c1-3-13(12-2)10-7-9(8-10)5-4-6-11/h3,5,10H,1-2,4,6-8,11H2. The highest BCUT2D eigenvalue weighted by atomic mass is 15.5. The van der Waals surface area contributed by atoms with Gasteiger partial charge in [-0.25, -0.2) is 0 Å². The van der Waals surface area contributed by atoms with Gasteiger partial charge in [0.25, 0.3) is 0 Å². The summed E-state index contributed by atoms with van der Waals surface area (Å²) >= 11 is 0. The zero-order valence-electron chi connectivity index (χ0n) is 7.95. The lowest BCUT2D eigenvalue weighted by Crippen LogP contribution is -2.34. The highest BCUT2D eigenvalue weighted by molar-refractivity contribution is 5.24. The number of hydrogen-bond donors (Lipinski definition) is 1. The minimum Gasteiger partial charge on any atom is -0.330 e. The van der Waals surface area contributed by atoms with E-state index in [0.29, 0.717) is 6.04 Å². The Bertz CT molecular complexity index is 204. The summed E-state index contributed by atoms with van der Waals surface area (Å²) in [5.74, 6) is 0. The quantitative estimate of drug-likeness (QED) is 0.394. The molecular formula is C10H17N3. The first-order chi connectivity index (χ1) is 6.31. The fraction of sp³-hybridized carbons (Fsp3) is 0.500. The summed E-state index contributed by atoms with van der Waals surface area (Å²) in [6, 6.07) is 0.471. The first-order valence-electron chi connectivity index (χ1n) is 4.57. The fourth-order valence-corrected chi connectivity index (χ4v) is 1.51. The van der Waals surface area contributed by atoms with E-state index in [4.69, 9.17) is 5.73 Å². The lowest BCUT2D eigenvalue weighted by atomic mass is 9.85. The Morgan fingerprint density at radius 3 is 2.77 bits per heavy atom. The fourth-order valence-electron chi connectivity index (χ4n) is 1.51. The van der Waals surface area contributed by atoms with Crippen molar-refractivity contribution in [2.24, 2.45) is 10.8 Å². The number of hydrazone groups is 1. The number of nitrogens with two attached hydrogens (primary N) is 1. The molecule has 2 N–H and O–H groups in total. The van der Waals surface area contributed by atoms with Gasteiger partial charge in [-0.1, -0.05) is 18.2 Å². The van der Waals surface area contributed by atoms with Crippen molar-refractivity contribution in [2.45, 2.75) is 25.3 Å². The van der Waals surface area contributed by atoms with Gasteiger partial charge in [0.05, 0.1) is 6.04 Å². The first-order valence-corrected chi connectivity index (χ1v) is 4.57. The van der Waals surface area contributed by atoms with E-state index < -0.39 is 0 Å². The molecule has 0 amide bonds. The van der Waals surface area contributed by atoms with Crippen molar-refractivity contribution in [2.75, 3.05) is 6.54 Å². The molecule has 3 heteroatoms. The van der Waals surface area contributed by atoms with Crippen molar-refractivity contribution in [3.63, 3.8) is 0 Å². The normalized spacial score (nSPS) is 20.4. The molecule has 0 heterocycles. The summed E-state index contributed by atoms with van der Waals surface area (Å²) < 4.78 is 0. The maximum Gasteiger partial charge on any atom is 0.0592 e. The van der Waals surface area contributed by atoms with Crippen molar-refractivity contribution in [1.29, 1.82) is 0 Å². The van der Waals surface area contributed by atoms with Crippen LogP contribution in [-0.2, 0) is 0 Å². The van der Waals surface area contributed by atoms with Gasteiger partial charge in [0.1, 0.15) is 0 Å². The summed E-state index contributed by atoms with van der Waals surface area (Å²) in [6.45, 7) is 7.90. The molecule has 0 saturated heterocycles. The zero-order chi connectivity index (χ0) is 9.68. The average molecular weight is 179 g/mol. The van der Waals surface area contributed by atoms with Crippen LogP contribution in [0.5, 0.6) is 0 Å². The molecule has 0 atom stereocenters. The molecule has 1 fully saturated rings. The van der Waals surface area contributed by atoms with Gasteiger partial charge in [0.15, 0.2) is 0 Å². The van der Waals surface area contributed by atoms with Gasteiger partial charge >= 0.3 is 0 Å². The maximum atomic E-state index is 5.40. The number of rotatable bonds is 5. The molecule has 1 aliphatic rings. The van der Waals surface area contributed by atoms with Crippen molar-refractivity contribution in [1.82, 2.24) is 5.01 Å². The SMILES string of the molecule is C=CN(N=C)C1CC(=CCCN)C1. The molecule has 0 spiro atoms. The van der Waals surface area contributed by atoms with Crippen molar-refractivity contribution in [3.05, 3.63) is 24.4 Å². The highest BCUT2D eigenvalue weighted by Gasteiger charge is 2.26. The summed E-state index contributed by atoms with van der Waals surface area (Å²) in [4.78, 5) is 0. The van der Waals surface area contributed by atoms with E-state index in [0.717, 1.165) is 25.8 Å². The van der Waals surface area contributed by atoms with Crippen LogP contribution in [0, 0.1) is 0 Å². The second-order valence-corrected chi connectivity index (χ2v) is 3.21. The monoisotopic (exact) mass is 179 g/mol. The largest absolute Gasteiger partial charge is 0.330 e. The molecule has 0 radical (unpaired) electrons. The lowest BCUT2D eigenvalue weighted by Gasteiger charge is -2.35. The van der Waals surface area contributed by atoms with Crippen LogP contribution in [0.3, 0.4) is 0 Å². The van der Waals surface area contributed by atoms with E-state index in [-0.39, 0.29) is 0 Å². The minimum absolute atomic E-state index is 0.471. The van der Waals surface area contributed by atoms with Gasteiger partial charge in [-0.15, -0.1) is 0 Å². The third-order valence-corrected chi connectivity index (χ3v) is 2.32. The predicted octanol–water partition coefficient (Wildman–Crippen LogP) is 1.49. The molecule has 0 aliphatic heterocycles. The van der Waals surface area contributed by atoms with Crippen LogP contribution < -0.4 is 5.73 Å². The Hall–Kier alpha value is -1.09. The highest BCUT2D eigenvalue weighted by Crippen LogP contribution is 2.31. The number of nitrogens with zero attached hydrogens (tertiary/aromatic N) is 2. The van der Waals surface area contributed by atoms with Crippen molar-refractivity contribution in [3.8, 4) is 0 Å². The predicted molar refractivity (Wildman–Crippen MR) is 56.4 cm³/mol. The lowest BCUT2D eigenvalue weighted by molar-refractivity contribution is 0.241. The third kappa shape index (κ3) is 2.42. The molecule has 0 aromatic carbocycles. The minimum atomic E-state index is 0.471. The van der Waals surface area contributed by atoms with Gasteiger partial charge < -0.3 is 5.73 Å². The first kappa shape index (κ1) is 9.99. The van der Waals surface area contributed by atoms with Gasteiger partial charge in [-0.2, -0.15) is 5.10 Å². The van der Waals surface area contributed by atoms with Gasteiger partial charge in [0.2, 0.25) is 0 Å². The molecule has 0 aromatic heterocycles.